The Labute approximate surface area is 114 Å². The molecule has 19 heavy (non-hydrogen) atoms. The van der Waals surface area contributed by atoms with E-state index in [4.69, 9.17) is 0 Å². The lowest BCUT2D eigenvalue weighted by atomic mass is 10.3. The molecule has 0 spiro atoms. The van der Waals surface area contributed by atoms with Gasteiger partial charge in [0.15, 0.2) is 9.84 Å². The lowest BCUT2D eigenvalue weighted by Crippen LogP contribution is -2.53. The van der Waals surface area contributed by atoms with E-state index in [9.17, 15) is 18.0 Å². The Morgan fingerprint density at radius 2 is 1.68 bits per heavy atom. The number of hydrogen-bond acceptors (Lipinski definition) is 4. The lowest BCUT2D eigenvalue weighted by molar-refractivity contribution is -0.137. The average molecular weight is 288 g/mol. The molecular weight excluding hydrogens is 268 g/mol. The molecule has 0 N–H and O–H groups in total. The number of hydrogen-bond donors (Lipinski definition) is 0. The van der Waals surface area contributed by atoms with Gasteiger partial charge in [-0.05, 0) is 6.92 Å². The molecule has 1 aliphatic heterocycles. The Morgan fingerprint density at radius 1 is 1.21 bits per heavy atom. The summed E-state index contributed by atoms with van der Waals surface area (Å²) < 4.78 is 23.6. The van der Waals surface area contributed by atoms with E-state index in [0.29, 0.717) is 26.2 Å². The van der Waals surface area contributed by atoms with Crippen molar-refractivity contribution in [2.75, 3.05) is 31.9 Å². The molecule has 7 heteroatoms. The fourth-order valence-electron chi connectivity index (χ4n) is 1.96. The second-order valence-electron chi connectivity index (χ2n) is 4.59. The van der Waals surface area contributed by atoms with Crippen LogP contribution >= 0.6 is 0 Å². The number of carbonyl (C=O) groups excluding carboxylic acids is 2. The number of rotatable bonds is 4. The SMILES string of the molecule is C=CCS(=O)(=O)C(C)C(=O)N1CCN(C(C)=O)CC1. The highest BCUT2D eigenvalue weighted by molar-refractivity contribution is 7.92. The monoisotopic (exact) mass is 288 g/mol. The summed E-state index contributed by atoms with van der Waals surface area (Å²) >= 11 is 0. The van der Waals surface area contributed by atoms with Crippen LogP contribution in [0.4, 0.5) is 0 Å². The second kappa shape index (κ2) is 6.18. The molecule has 6 nitrogen and oxygen atoms in total. The predicted octanol–water partition coefficient (Wildman–Crippen LogP) is -0.334. The van der Waals surface area contributed by atoms with E-state index in [1.807, 2.05) is 0 Å². The van der Waals surface area contributed by atoms with Gasteiger partial charge in [-0.2, -0.15) is 0 Å². The molecule has 0 aromatic carbocycles. The molecule has 1 heterocycles. The molecule has 0 saturated carbocycles. The predicted molar refractivity (Wildman–Crippen MR) is 72.3 cm³/mol. The number of piperazine rings is 1. The molecule has 1 rings (SSSR count). The minimum Gasteiger partial charge on any atom is -0.339 e. The molecular formula is C12H20N2O4S. The maximum absolute atomic E-state index is 12.1. The van der Waals surface area contributed by atoms with Crippen LogP contribution in [0.15, 0.2) is 12.7 Å². The van der Waals surface area contributed by atoms with Crippen molar-refractivity contribution >= 4 is 21.7 Å². The normalized spacial score (nSPS) is 18.0. The van der Waals surface area contributed by atoms with Crippen LogP contribution in [0.2, 0.25) is 0 Å². The molecule has 108 valence electrons. The maximum Gasteiger partial charge on any atom is 0.240 e. The van der Waals surface area contributed by atoms with Crippen LogP contribution in [-0.4, -0.2) is 67.2 Å². The highest BCUT2D eigenvalue weighted by Crippen LogP contribution is 2.10. The van der Waals surface area contributed by atoms with Crippen LogP contribution in [0.3, 0.4) is 0 Å². The van der Waals surface area contributed by atoms with Gasteiger partial charge in [-0.25, -0.2) is 8.42 Å². The van der Waals surface area contributed by atoms with Gasteiger partial charge < -0.3 is 9.80 Å². The minimum atomic E-state index is -3.48. The third kappa shape index (κ3) is 3.79. The molecule has 0 bridgehead atoms. The van der Waals surface area contributed by atoms with Crippen molar-refractivity contribution in [2.45, 2.75) is 19.1 Å². The molecule has 0 aromatic rings. The van der Waals surface area contributed by atoms with Crippen molar-refractivity contribution in [1.29, 1.82) is 0 Å². The fourth-order valence-corrected chi connectivity index (χ4v) is 3.03. The van der Waals surface area contributed by atoms with E-state index in [2.05, 4.69) is 6.58 Å². The van der Waals surface area contributed by atoms with E-state index >= 15 is 0 Å². The van der Waals surface area contributed by atoms with Gasteiger partial charge in [-0.15, -0.1) is 6.58 Å². The van der Waals surface area contributed by atoms with Crippen molar-refractivity contribution in [3.8, 4) is 0 Å². The van der Waals surface area contributed by atoms with E-state index < -0.39 is 21.0 Å². The van der Waals surface area contributed by atoms with Gasteiger partial charge in [0.25, 0.3) is 0 Å². The standard InChI is InChI=1S/C12H20N2O4S/c1-4-9-19(17,18)10(2)12(16)14-7-5-13(6-8-14)11(3)15/h4,10H,1,5-9H2,2-3H3. The van der Waals surface area contributed by atoms with E-state index in [0.717, 1.165) is 0 Å². The van der Waals surface area contributed by atoms with Crippen molar-refractivity contribution in [3.63, 3.8) is 0 Å². The summed E-state index contributed by atoms with van der Waals surface area (Å²) in [5.41, 5.74) is 0. The van der Waals surface area contributed by atoms with Crippen molar-refractivity contribution in [1.82, 2.24) is 9.80 Å². The highest BCUT2D eigenvalue weighted by Gasteiger charge is 2.32. The maximum atomic E-state index is 12.1. The summed E-state index contributed by atoms with van der Waals surface area (Å²) in [6.07, 6.45) is 1.28. The molecule has 1 saturated heterocycles. The average Bonchev–Trinajstić information content (AvgIpc) is 2.37. The van der Waals surface area contributed by atoms with Crippen LogP contribution in [-0.2, 0) is 19.4 Å². The first-order chi connectivity index (χ1) is 8.79. The number of carbonyl (C=O) groups is 2. The zero-order valence-corrected chi connectivity index (χ0v) is 12.1. The van der Waals surface area contributed by atoms with Gasteiger partial charge in [-0.3, -0.25) is 9.59 Å². The Hall–Kier alpha value is -1.37. The topological polar surface area (TPSA) is 74.8 Å². The van der Waals surface area contributed by atoms with E-state index in [1.54, 1.807) is 4.90 Å². The van der Waals surface area contributed by atoms with Crippen molar-refractivity contribution in [2.24, 2.45) is 0 Å². The van der Waals surface area contributed by atoms with Gasteiger partial charge in [0.2, 0.25) is 11.8 Å². The molecule has 0 aliphatic carbocycles. The van der Waals surface area contributed by atoms with Crippen LogP contribution in [0.25, 0.3) is 0 Å². The first-order valence-electron chi connectivity index (χ1n) is 6.16. The molecule has 1 aliphatic rings. The summed E-state index contributed by atoms with van der Waals surface area (Å²) in [5, 5.41) is -1.06. The Kier molecular flexibility index (Phi) is 5.11. The summed E-state index contributed by atoms with van der Waals surface area (Å²) in [7, 11) is -3.48. The Bertz CT molecular complexity index is 464. The lowest BCUT2D eigenvalue weighted by Gasteiger charge is -2.35. The molecule has 2 amide bonds. The van der Waals surface area contributed by atoms with E-state index in [1.165, 1.54) is 24.8 Å². The van der Waals surface area contributed by atoms with Crippen LogP contribution < -0.4 is 0 Å². The smallest absolute Gasteiger partial charge is 0.240 e. The van der Waals surface area contributed by atoms with Gasteiger partial charge >= 0.3 is 0 Å². The largest absolute Gasteiger partial charge is 0.339 e. The number of nitrogens with zero attached hydrogens (tertiary/aromatic N) is 2. The molecule has 0 radical (unpaired) electrons. The van der Waals surface area contributed by atoms with Gasteiger partial charge in [-0.1, -0.05) is 6.08 Å². The Balaban J connectivity index is 2.65. The number of amides is 2. The van der Waals surface area contributed by atoms with Gasteiger partial charge in [0.05, 0.1) is 5.75 Å². The molecule has 1 atom stereocenters. The summed E-state index contributed by atoms with van der Waals surface area (Å²) in [4.78, 5) is 26.4. The van der Waals surface area contributed by atoms with Gasteiger partial charge in [0, 0.05) is 33.1 Å². The highest BCUT2D eigenvalue weighted by atomic mass is 32.2. The minimum absolute atomic E-state index is 0.0283. The quantitative estimate of drug-likeness (QED) is 0.664. The van der Waals surface area contributed by atoms with Crippen molar-refractivity contribution in [3.05, 3.63) is 12.7 Å². The zero-order chi connectivity index (χ0) is 14.6. The van der Waals surface area contributed by atoms with E-state index in [-0.39, 0.29) is 11.7 Å². The molecule has 1 unspecified atom stereocenters. The first-order valence-corrected chi connectivity index (χ1v) is 7.88. The number of sulfone groups is 1. The third-order valence-corrected chi connectivity index (χ3v) is 5.25. The van der Waals surface area contributed by atoms with Crippen LogP contribution in [0.5, 0.6) is 0 Å². The van der Waals surface area contributed by atoms with Gasteiger partial charge in [0.1, 0.15) is 5.25 Å². The first kappa shape index (κ1) is 15.7. The summed E-state index contributed by atoms with van der Waals surface area (Å²) in [6, 6.07) is 0. The second-order valence-corrected chi connectivity index (χ2v) is 6.96. The zero-order valence-electron chi connectivity index (χ0n) is 11.3. The van der Waals surface area contributed by atoms with Crippen LogP contribution in [0, 0.1) is 0 Å². The fraction of sp³-hybridized carbons (Fsp3) is 0.667. The summed E-state index contributed by atoms with van der Waals surface area (Å²) in [6.45, 7) is 7.93. The van der Waals surface area contributed by atoms with Crippen LogP contribution in [0.1, 0.15) is 13.8 Å². The summed E-state index contributed by atoms with van der Waals surface area (Å²) in [5.74, 6) is -0.627. The third-order valence-electron chi connectivity index (χ3n) is 3.27. The molecule has 0 aromatic heterocycles. The van der Waals surface area contributed by atoms with Crippen molar-refractivity contribution < 1.29 is 18.0 Å². The Morgan fingerprint density at radius 3 is 2.11 bits per heavy atom. The molecule has 1 fully saturated rings.